The molecule has 118 valence electrons. The molecular formula is C19H24FOP. The molecule has 22 heavy (non-hydrogen) atoms. The Balaban J connectivity index is 2.54. The lowest BCUT2D eigenvalue weighted by atomic mass is 9.93. The summed E-state index contributed by atoms with van der Waals surface area (Å²) in [6.45, 7) is 10.1. The summed E-state index contributed by atoms with van der Waals surface area (Å²) < 4.78 is 14.2. The van der Waals surface area contributed by atoms with Crippen LogP contribution in [0.3, 0.4) is 0 Å². The Morgan fingerprint density at radius 2 is 1.82 bits per heavy atom. The second-order valence-corrected chi connectivity index (χ2v) is 8.07. The summed E-state index contributed by atoms with van der Waals surface area (Å²) in [5, 5.41) is 11.0. The van der Waals surface area contributed by atoms with Crippen molar-refractivity contribution in [1.29, 1.82) is 0 Å². The van der Waals surface area contributed by atoms with E-state index in [1.165, 1.54) is 6.07 Å². The summed E-state index contributed by atoms with van der Waals surface area (Å²) in [6.07, 6.45) is 0.843. The van der Waals surface area contributed by atoms with Gasteiger partial charge in [0.2, 0.25) is 0 Å². The van der Waals surface area contributed by atoms with E-state index in [4.69, 9.17) is 0 Å². The van der Waals surface area contributed by atoms with Crippen LogP contribution in [0.5, 0.6) is 5.75 Å². The molecule has 1 N–H and O–H groups in total. The molecule has 0 radical (unpaired) electrons. The van der Waals surface area contributed by atoms with E-state index in [-0.39, 0.29) is 19.6 Å². The van der Waals surface area contributed by atoms with Crippen molar-refractivity contribution < 1.29 is 9.50 Å². The van der Waals surface area contributed by atoms with E-state index in [2.05, 4.69) is 13.8 Å². The highest BCUT2D eigenvalue weighted by Gasteiger charge is 2.30. The molecule has 2 rings (SSSR count). The van der Waals surface area contributed by atoms with Gasteiger partial charge >= 0.3 is 0 Å². The molecule has 2 atom stereocenters. The van der Waals surface area contributed by atoms with Crippen LogP contribution in [-0.2, 0) is 5.16 Å². The monoisotopic (exact) mass is 318 g/mol. The zero-order valence-electron chi connectivity index (χ0n) is 13.9. The first-order valence-corrected chi connectivity index (χ1v) is 8.62. The first-order valence-electron chi connectivity index (χ1n) is 7.62. The van der Waals surface area contributed by atoms with Crippen molar-refractivity contribution in [1.82, 2.24) is 0 Å². The van der Waals surface area contributed by atoms with Gasteiger partial charge in [0.25, 0.3) is 0 Å². The fraction of sp³-hybridized carbons (Fsp3) is 0.368. The SMILES string of the molecule is CCC(C)(Pc1c(C)cccc1F)c1cc(C)cc(C)c1O. The van der Waals surface area contributed by atoms with Gasteiger partial charge in [0.15, 0.2) is 0 Å². The smallest absolute Gasteiger partial charge is 0.130 e. The maximum atomic E-state index is 14.2. The number of phenols is 1. The van der Waals surface area contributed by atoms with E-state index in [1.54, 1.807) is 6.07 Å². The van der Waals surface area contributed by atoms with Crippen molar-refractivity contribution in [2.24, 2.45) is 0 Å². The van der Waals surface area contributed by atoms with Gasteiger partial charge in [-0.2, -0.15) is 0 Å². The maximum Gasteiger partial charge on any atom is 0.130 e. The quantitative estimate of drug-likeness (QED) is 0.779. The number of rotatable bonds is 4. The van der Waals surface area contributed by atoms with Crippen LogP contribution in [0.25, 0.3) is 0 Å². The third-order valence-electron chi connectivity index (χ3n) is 4.37. The van der Waals surface area contributed by atoms with Crippen LogP contribution in [0.4, 0.5) is 4.39 Å². The predicted molar refractivity (Wildman–Crippen MR) is 94.3 cm³/mol. The molecule has 1 nitrogen and oxygen atoms in total. The van der Waals surface area contributed by atoms with Gasteiger partial charge in [-0.1, -0.05) is 52.3 Å². The third kappa shape index (κ3) is 3.17. The Kier molecular flexibility index (Phi) is 4.92. The van der Waals surface area contributed by atoms with Gasteiger partial charge in [-0.3, -0.25) is 0 Å². The molecule has 0 fully saturated rings. The van der Waals surface area contributed by atoms with Crippen molar-refractivity contribution in [3.63, 3.8) is 0 Å². The lowest BCUT2D eigenvalue weighted by Crippen LogP contribution is -2.21. The van der Waals surface area contributed by atoms with Crippen molar-refractivity contribution in [2.75, 3.05) is 0 Å². The zero-order valence-corrected chi connectivity index (χ0v) is 14.9. The Bertz CT molecular complexity index is 676. The van der Waals surface area contributed by atoms with E-state index >= 15 is 0 Å². The van der Waals surface area contributed by atoms with Crippen molar-refractivity contribution >= 4 is 13.9 Å². The fourth-order valence-corrected chi connectivity index (χ4v) is 4.33. The fourth-order valence-electron chi connectivity index (χ4n) is 2.79. The molecular weight excluding hydrogens is 294 g/mol. The lowest BCUT2D eigenvalue weighted by molar-refractivity contribution is 0.452. The number of halogens is 1. The summed E-state index contributed by atoms with van der Waals surface area (Å²) in [6, 6.07) is 9.23. The summed E-state index contributed by atoms with van der Waals surface area (Å²) in [5.74, 6) is 0.193. The second kappa shape index (κ2) is 6.38. The van der Waals surface area contributed by atoms with Gasteiger partial charge in [0.1, 0.15) is 11.6 Å². The minimum absolute atomic E-state index is 0.151. The maximum absolute atomic E-state index is 14.2. The average molecular weight is 318 g/mol. The summed E-state index contributed by atoms with van der Waals surface area (Å²) in [4.78, 5) is 0. The molecule has 0 aromatic heterocycles. The van der Waals surface area contributed by atoms with E-state index in [0.717, 1.165) is 34.0 Å². The van der Waals surface area contributed by atoms with Gasteiger partial charge in [-0.15, -0.1) is 0 Å². The molecule has 0 aliphatic rings. The summed E-state index contributed by atoms with van der Waals surface area (Å²) >= 11 is 0. The molecule has 2 unspecified atom stereocenters. The number of phenolic OH excluding ortho intramolecular Hbond substituents is 1. The molecule has 0 bridgehead atoms. The molecule has 2 aromatic rings. The Hall–Kier alpha value is -1.40. The molecule has 0 aliphatic carbocycles. The largest absolute Gasteiger partial charge is 0.507 e. The first kappa shape index (κ1) is 17.0. The Morgan fingerprint density at radius 3 is 2.41 bits per heavy atom. The molecule has 0 aliphatic heterocycles. The van der Waals surface area contributed by atoms with Crippen LogP contribution in [0, 0.1) is 26.6 Å². The van der Waals surface area contributed by atoms with Gasteiger partial charge in [0.05, 0.1) is 0 Å². The number of benzene rings is 2. The summed E-state index contributed by atoms with van der Waals surface area (Å²) in [5.41, 5.74) is 3.90. The highest BCUT2D eigenvalue weighted by Crippen LogP contribution is 2.48. The van der Waals surface area contributed by atoms with Gasteiger partial charge in [-0.25, -0.2) is 4.39 Å². The van der Waals surface area contributed by atoms with Crippen molar-refractivity contribution in [3.05, 3.63) is 58.4 Å². The van der Waals surface area contributed by atoms with Crippen LogP contribution in [0.1, 0.15) is 42.5 Å². The van der Waals surface area contributed by atoms with Crippen LogP contribution in [0.15, 0.2) is 30.3 Å². The van der Waals surface area contributed by atoms with E-state index in [9.17, 15) is 9.50 Å². The summed E-state index contributed by atoms with van der Waals surface area (Å²) in [7, 11) is 0.278. The molecule has 0 saturated carbocycles. The molecule has 0 amide bonds. The minimum atomic E-state index is -0.270. The topological polar surface area (TPSA) is 20.2 Å². The number of hydrogen-bond acceptors (Lipinski definition) is 1. The van der Waals surface area contributed by atoms with Gasteiger partial charge in [-0.05, 0) is 44.4 Å². The number of hydrogen-bond donors (Lipinski definition) is 1. The highest BCUT2D eigenvalue weighted by molar-refractivity contribution is 7.48. The van der Waals surface area contributed by atoms with Gasteiger partial charge < -0.3 is 5.11 Å². The Labute approximate surface area is 134 Å². The van der Waals surface area contributed by atoms with Crippen LogP contribution in [-0.4, -0.2) is 5.11 Å². The first-order chi connectivity index (χ1) is 10.3. The highest BCUT2D eigenvalue weighted by atomic mass is 31.1. The second-order valence-electron chi connectivity index (χ2n) is 6.22. The lowest BCUT2D eigenvalue weighted by Gasteiger charge is -2.31. The van der Waals surface area contributed by atoms with Crippen molar-refractivity contribution in [3.8, 4) is 5.75 Å². The van der Waals surface area contributed by atoms with Crippen molar-refractivity contribution in [2.45, 2.75) is 46.2 Å². The van der Waals surface area contributed by atoms with E-state index in [1.807, 2.05) is 39.0 Å². The van der Waals surface area contributed by atoms with Gasteiger partial charge in [0, 0.05) is 16.0 Å². The number of aromatic hydroxyl groups is 1. The zero-order chi connectivity index (χ0) is 16.5. The molecule has 3 heteroatoms. The molecule has 0 heterocycles. The standard InChI is InChI=1S/C19H24FOP/c1-6-19(5,15-11-12(2)10-14(4)17(15)21)22-18-13(3)8-7-9-16(18)20/h7-11,21-22H,6H2,1-5H3. The van der Waals surface area contributed by atoms with E-state index < -0.39 is 0 Å². The third-order valence-corrected chi connectivity index (χ3v) is 6.43. The van der Waals surface area contributed by atoms with Crippen LogP contribution >= 0.6 is 8.58 Å². The normalized spacial score (nSPS) is 14.5. The average Bonchev–Trinajstić information content (AvgIpc) is 2.46. The molecule has 2 aromatic carbocycles. The number of aryl methyl sites for hydroxylation is 3. The molecule has 0 spiro atoms. The minimum Gasteiger partial charge on any atom is -0.507 e. The van der Waals surface area contributed by atoms with Crippen LogP contribution < -0.4 is 5.30 Å². The molecule has 0 saturated heterocycles. The Morgan fingerprint density at radius 1 is 1.14 bits per heavy atom. The predicted octanol–water partition coefficient (Wildman–Crippen LogP) is 5.09. The van der Waals surface area contributed by atoms with E-state index in [0.29, 0.717) is 5.75 Å². The van der Waals surface area contributed by atoms with Crippen LogP contribution in [0.2, 0.25) is 0 Å².